The molecule has 3 fully saturated rings. The van der Waals surface area contributed by atoms with Crippen LogP contribution in [0.4, 0.5) is 0 Å². The molecule has 0 aromatic heterocycles. The van der Waals surface area contributed by atoms with Gasteiger partial charge in [0.05, 0.1) is 6.61 Å². The Hall–Kier alpha value is -0.500. The second kappa shape index (κ2) is 5.01. The van der Waals surface area contributed by atoms with Crippen LogP contribution in [0, 0.1) is 0 Å². The summed E-state index contributed by atoms with van der Waals surface area (Å²) in [6.07, 6.45) is -1.61. The second-order valence-electron chi connectivity index (χ2n) is 6.65. The third-order valence-corrected chi connectivity index (χ3v) is 4.02. The van der Waals surface area contributed by atoms with E-state index in [1.807, 2.05) is 27.7 Å². The van der Waals surface area contributed by atoms with E-state index < -0.39 is 17.9 Å². The maximum absolute atomic E-state index is 6.01. The summed E-state index contributed by atoms with van der Waals surface area (Å²) in [4.78, 5) is 0. The van der Waals surface area contributed by atoms with Crippen molar-refractivity contribution < 1.29 is 28.4 Å². The summed E-state index contributed by atoms with van der Waals surface area (Å²) < 4.78 is 34.9. The van der Waals surface area contributed by atoms with E-state index in [0.717, 1.165) is 5.57 Å². The molecule has 3 aliphatic rings. The number of rotatable bonds is 2. The van der Waals surface area contributed by atoms with Gasteiger partial charge in [-0.1, -0.05) is 6.58 Å². The van der Waals surface area contributed by atoms with Gasteiger partial charge in [-0.05, 0) is 33.3 Å². The Bertz CT molecular complexity index is 432. The van der Waals surface area contributed by atoms with Crippen molar-refractivity contribution in [1.82, 2.24) is 0 Å². The van der Waals surface area contributed by atoms with Crippen LogP contribution in [-0.2, 0) is 28.4 Å². The summed E-state index contributed by atoms with van der Waals surface area (Å²) in [5, 5.41) is 0. The van der Waals surface area contributed by atoms with Gasteiger partial charge in [0.1, 0.15) is 24.4 Å². The predicted octanol–water partition coefficient (Wildman–Crippen LogP) is 1.59. The highest BCUT2D eigenvalue weighted by Gasteiger charge is 2.58. The van der Waals surface area contributed by atoms with Gasteiger partial charge < -0.3 is 28.4 Å². The highest BCUT2D eigenvalue weighted by molar-refractivity contribution is 5.13. The number of ether oxygens (including phenoxy) is 6. The minimum Gasteiger partial charge on any atom is -0.376 e. The molecule has 3 saturated heterocycles. The smallest absolute Gasteiger partial charge is 0.190 e. The normalized spacial score (nSPS) is 44.8. The lowest BCUT2D eigenvalue weighted by molar-refractivity contribution is -0.288. The Morgan fingerprint density at radius 1 is 1.05 bits per heavy atom. The quantitative estimate of drug-likeness (QED) is 0.722. The molecule has 21 heavy (non-hydrogen) atoms. The lowest BCUT2D eigenvalue weighted by Crippen LogP contribution is -2.51. The van der Waals surface area contributed by atoms with Crippen LogP contribution in [0.25, 0.3) is 0 Å². The molecule has 0 aliphatic carbocycles. The molecule has 120 valence electrons. The van der Waals surface area contributed by atoms with Crippen molar-refractivity contribution in [2.24, 2.45) is 0 Å². The Labute approximate surface area is 125 Å². The molecule has 3 aliphatic heterocycles. The summed E-state index contributed by atoms with van der Waals surface area (Å²) in [5.74, 6) is -1.34. The van der Waals surface area contributed by atoms with E-state index in [9.17, 15) is 0 Å². The van der Waals surface area contributed by atoms with Crippen molar-refractivity contribution in [2.75, 3.05) is 13.7 Å². The fraction of sp³-hybridized carbons (Fsp3) is 0.867. The number of hydrogen-bond acceptors (Lipinski definition) is 6. The second-order valence-corrected chi connectivity index (χ2v) is 6.65. The Balaban J connectivity index is 1.79. The van der Waals surface area contributed by atoms with E-state index in [0.29, 0.717) is 6.61 Å². The van der Waals surface area contributed by atoms with Gasteiger partial charge in [-0.25, -0.2) is 0 Å². The fourth-order valence-electron chi connectivity index (χ4n) is 3.09. The molecule has 3 rings (SSSR count). The predicted molar refractivity (Wildman–Crippen MR) is 73.5 cm³/mol. The van der Waals surface area contributed by atoms with E-state index in [2.05, 4.69) is 6.58 Å². The molecule has 0 radical (unpaired) electrons. The van der Waals surface area contributed by atoms with Crippen molar-refractivity contribution in [3.05, 3.63) is 12.2 Å². The largest absolute Gasteiger partial charge is 0.376 e. The van der Waals surface area contributed by atoms with Crippen LogP contribution in [0.15, 0.2) is 12.2 Å². The third kappa shape index (κ3) is 2.76. The van der Waals surface area contributed by atoms with Crippen LogP contribution in [0.1, 0.15) is 27.7 Å². The first-order valence-corrected chi connectivity index (χ1v) is 7.26. The van der Waals surface area contributed by atoms with Gasteiger partial charge in [-0.2, -0.15) is 0 Å². The van der Waals surface area contributed by atoms with Gasteiger partial charge in [0.2, 0.25) is 0 Å². The molecule has 0 unspecified atom stereocenters. The highest BCUT2D eigenvalue weighted by Crippen LogP contribution is 2.42. The molecule has 0 amide bonds. The number of fused-ring (bicyclic) bond motifs is 1. The molecule has 6 heteroatoms. The van der Waals surface area contributed by atoms with Crippen LogP contribution in [0.5, 0.6) is 0 Å². The summed E-state index contributed by atoms with van der Waals surface area (Å²) in [6.45, 7) is 12.0. The third-order valence-electron chi connectivity index (χ3n) is 4.02. The minimum atomic E-state index is -0.674. The zero-order valence-electron chi connectivity index (χ0n) is 13.3. The maximum Gasteiger partial charge on any atom is 0.190 e. The minimum absolute atomic E-state index is 0.266. The lowest BCUT2D eigenvalue weighted by Gasteiger charge is -2.41. The molecular formula is C15H24O6. The molecule has 3 heterocycles. The summed E-state index contributed by atoms with van der Waals surface area (Å²) >= 11 is 0. The molecule has 0 aromatic rings. The average molecular weight is 300 g/mol. The van der Waals surface area contributed by atoms with E-state index in [4.69, 9.17) is 28.4 Å². The number of methoxy groups -OCH3 is 1. The highest BCUT2D eigenvalue weighted by atomic mass is 16.8. The summed E-state index contributed by atoms with van der Waals surface area (Å²) in [5.41, 5.74) is 0.834. The first-order chi connectivity index (χ1) is 9.72. The van der Waals surface area contributed by atoms with Crippen LogP contribution in [0.3, 0.4) is 0 Å². The Morgan fingerprint density at radius 2 is 1.76 bits per heavy atom. The van der Waals surface area contributed by atoms with Gasteiger partial charge in [-0.3, -0.25) is 0 Å². The van der Waals surface area contributed by atoms with Crippen LogP contribution < -0.4 is 0 Å². The topological polar surface area (TPSA) is 55.4 Å². The van der Waals surface area contributed by atoms with E-state index in [1.165, 1.54) is 0 Å². The van der Waals surface area contributed by atoms with Crippen LogP contribution >= 0.6 is 0 Å². The molecular weight excluding hydrogens is 276 g/mol. The van der Waals surface area contributed by atoms with Crippen molar-refractivity contribution >= 4 is 0 Å². The molecule has 0 N–H and O–H groups in total. The summed E-state index contributed by atoms with van der Waals surface area (Å²) in [6, 6.07) is 0. The van der Waals surface area contributed by atoms with E-state index in [1.54, 1.807) is 7.11 Å². The van der Waals surface area contributed by atoms with E-state index >= 15 is 0 Å². The zero-order valence-corrected chi connectivity index (χ0v) is 13.3. The maximum atomic E-state index is 6.01. The number of hydrogen-bond donors (Lipinski definition) is 0. The van der Waals surface area contributed by atoms with Gasteiger partial charge in [0, 0.05) is 7.11 Å². The van der Waals surface area contributed by atoms with E-state index in [-0.39, 0.29) is 24.4 Å². The lowest BCUT2D eigenvalue weighted by atomic mass is 9.99. The van der Waals surface area contributed by atoms with Gasteiger partial charge in [-0.15, -0.1) is 0 Å². The first kappa shape index (κ1) is 15.4. The molecule has 0 saturated carbocycles. The fourth-order valence-corrected chi connectivity index (χ4v) is 3.09. The van der Waals surface area contributed by atoms with Crippen molar-refractivity contribution in [1.29, 1.82) is 0 Å². The average Bonchev–Trinajstić information content (AvgIpc) is 2.83. The van der Waals surface area contributed by atoms with Crippen molar-refractivity contribution in [2.45, 2.75) is 70.0 Å². The van der Waals surface area contributed by atoms with Gasteiger partial charge in [0.15, 0.2) is 17.9 Å². The summed E-state index contributed by atoms with van der Waals surface area (Å²) in [7, 11) is 1.64. The monoisotopic (exact) mass is 300 g/mol. The van der Waals surface area contributed by atoms with Crippen molar-refractivity contribution in [3.8, 4) is 0 Å². The molecule has 5 atom stereocenters. The molecule has 0 aromatic carbocycles. The molecule has 0 spiro atoms. The van der Waals surface area contributed by atoms with Crippen LogP contribution in [0.2, 0.25) is 0 Å². The molecule has 0 bridgehead atoms. The first-order valence-electron chi connectivity index (χ1n) is 7.26. The van der Waals surface area contributed by atoms with Crippen molar-refractivity contribution in [3.63, 3.8) is 0 Å². The standard InChI is InChI=1S/C15H24O6/c1-8-7-17-14(2,3)19-9(8)11-10(16-6)12-13(18-11)21-15(4,5)20-12/h9-13H,1,7H2,2-6H3/t9-,10+,11-,12-,13-/m1/s1. The van der Waals surface area contributed by atoms with Gasteiger partial charge >= 0.3 is 0 Å². The zero-order chi connectivity index (χ0) is 15.4. The van der Waals surface area contributed by atoms with Crippen LogP contribution in [-0.4, -0.2) is 56.0 Å². The van der Waals surface area contributed by atoms with Gasteiger partial charge in [0.25, 0.3) is 0 Å². The SMILES string of the molecule is C=C1COC(C)(C)O[C@H]1[C@H]1O[C@@H]2OC(C)(C)O[C@@H]2[C@H]1OC. The molecule has 6 nitrogen and oxygen atoms in total. The Kier molecular flexibility index (Phi) is 3.67. The Morgan fingerprint density at radius 3 is 2.43 bits per heavy atom.